The van der Waals surface area contributed by atoms with E-state index in [1.165, 1.54) is 36.8 Å². The van der Waals surface area contributed by atoms with Gasteiger partial charge in [-0.3, -0.25) is 19.6 Å². The molecule has 0 atom stereocenters. The van der Waals surface area contributed by atoms with Crippen LogP contribution in [0.15, 0.2) is 53.3 Å². The zero-order valence-corrected chi connectivity index (χ0v) is 18.7. The van der Waals surface area contributed by atoms with Gasteiger partial charge in [0.2, 0.25) is 0 Å². The molecule has 0 unspecified atom stereocenters. The van der Waals surface area contributed by atoms with Crippen molar-refractivity contribution in [1.82, 2.24) is 19.6 Å². The van der Waals surface area contributed by atoms with Crippen molar-refractivity contribution >= 4 is 17.4 Å². The molecule has 0 spiro atoms. The molecule has 0 fully saturated rings. The topological polar surface area (TPSA) is 111 Å². The average Bonchev–Trinajstić information content (AvgIpc) is 3.24. The van der Waals surface area contributed by atoms with E-state index >= 15 is 0 Å². The molecule has 10 nitrogen and oxygen atoms in total. The van der Waals surface area contributed by atoms with Crippen LogP contribution in [0.3, 0.4) is 0 Å². The van der Waals surface area contributed by atoms with E-state index in [4.69, 9.17) is 14.2 Å². The third kappa shape index (κ3) is 4.22. The molecule has 170 valence electrons. The number of nitrogens with zero attached hydrogens (tertiary/aromatic N) is 4. The fourth-order valence-corrected chi connectivity index (χ4v) is 3.50. The smallest absolute Gasteiger partial charge is 0.274 e. The van der Waals surface area contributed by atoms with E-state index in [-0.39, 0.29) is 23.8 Å². The largest absolute Gasteiger partial charge is 0.495 e. The maximum absolute atomic E-state index is 13.7. The number of rotatable bonds is 7. The Balaban J connectivity index is 1.80. The van der Waals surface area contributed by atoms with Crippen molar-refractivity contribution in [2.75, 3.05) is 26.2 Å². The molecule has 1 amide bonds. The molecular weight excluding hydrogens is 426 g/mol. The van der Waals surface area contributed by atoms with Crippen LogP contribution in [0.25, 0.3) is 5.78 Å². The van der Waals surface area contributed by atoms with Crippen molar-refractivity contribution in [2.24, 2.45) is 0 Å². The molecule has 2 aromatic carbocycles. The molecule has 10 heteroatoms. The van der Waals surface area contributed by atoms with Crippen LogP contribution in [-0.2, 0) is 6.54 Å². The summed E-state index contributed by atoms with van der Waals surface area (Å²) in [6, 6.07) is 13.5. The number of H-pyrrole nitrogens is 1. The molecule has 33 heavy (non-hydrogen) atoms. The van der Waals surface area contributed by atoms with Gasteiger partial charge in [-0.25, -0.2) is 4.98 Å². The van der Waals surface area contributed by atoms with Gasteiger partial charge >= 0.3 is 0 Å². The third-order valence-electron chi connectivity index (χ3n) is 5.06. The summed E-state index contributed by atoms with van der Waals surface area (Å²) in [7, 11) is 4.57. The Hall–Kier alpha value is -4.34. The second-order valence-electron chi connectivity index (χ2n) is 7.17. The van der Waals surface area contributed by atoms with Gasteiger partial charge in [0.25, 0.3) is 17.2 Å². The number of hydrogen-bond acceptors (Lipinski definition) is 7. The first-order chi connectivity index (χ1) is 15.9. The molecule has 0 aliphatic heterocycles. The Morgan fingerprint density at radius 3 is 2.42 bits per heavy atom. The molecule has 0 saturated heterocycles. The number of benzene rings is 2. The van der Waals surface area contributed by atoms with Crippen LogP contribution >= 0.6 is 0 Å². The fourth-order valence-electron chi connectivity index (χ4n) is 3.50. The average molecular weight is 449 g/mol. The number of nitrogens with one attached hydrogen (secondary N) is 1. The lowest BCUT2D eigenvalue weighted by Crippen LogP contribution is -2.31. The van der Waals surface area contributed by atoms with E-state index in [0.717, 1.165) is 0 Å². The highest BCUT2D eigenvalue weighted by atomic mass is 16.5. The molecule has 2 heterocycles. The highest BCUT2D eigenvalue weighted by Crippen LogP contribution is 2.32. The Morgan fingerprint density at radius 1 is 0.970 bits per heavy atom. The van der Waals surface area contributed by atoms with Crippen LogP contribution in [0.1, 0.15) is 21.9 Å². The number of fused-ring (bicyclic) bond motifs is 1. The number of amides is 1. The number of aryl methyl sites for hydroxylation is 1. The second kappa shape index (κ2) is 9.03. The minimum absolute atomic E-state index is 0.0371. The molecule has 1 N–H and O–H groups in total. The van der Waals surface area contributed by atoms with E-state index in [1.807, 2.05) is 6.07 Å². The SMILES string of the molecule is COc1ccc(C(=O)N(Cc2nc3nc(C)cc(=O)n3[nH]2)c2ccccc2OC)cc1OC. The number of aromatic amines is 1. The lowest BCUT2D eigenvalue weighted by molar-refractivity contribution is 0.0983. The van der Waals surface area contributed by atoms with Crippen LogP contribution < -0.4 is 24.7 Å². The van der Waals surface area contributed by atoms with Crippen LogP contribution in [0, 0.1) is 6.92 Å². The second-order valence-corrected chi connectivity index (χ2v) is 7.17. The summed E-state index contributed by atoms with van der Waals surface area (Å²) in [6.07, 6.45) is 0. The van der Waals surface area contributed by atoms with Gasteiger partial charge in [-0.15, -0.1) is 0 Å². The Morgan fingerprint density at radius 2 is 1.70 bits per heavy atom. The molecular formula is C23H23N5O5. The number of ether oxygens (including phenoxy) is 3. The van der Waals surface area contributed by atoms with Crippen molar-refractivity contribution in [3.05, 3.63) is 76.0 Å². The molecule has 4 aromatic rings. The molecule has 2 aromatic heterocycles. The van der Waals surface area contributed by atoms with E-state index in [2.05, 4.69) is 15.1 Å². The standard InChI is InChI=1S/C23H23N5O5/c1-14-11-21(29)28-23(24-14)25-20(26-28)13-27(16-7-5-6-8-17(16)31-2)22(30)15-9-10-18(32-3)19(12-15)33-4/h5-12H,13H2,1-4H3,(H,24,25,26). The fraction of sp³-hybridized carbons (Fsp3) is 0.217. The lowest BCUT2D eigenvalue weighted by atomic mass is 10.1. The maximum Gasteiger partial charge on any atom is 0.274 e. The molecule has 0 saturated carbocycles. The van der Waals surface area contributed by atoms with Gasteiger partial charge < -0.3 is 14.2 Å². The number of aromatic nitrogens is 4. The van der Waals surface area contributed by atoms with E-state index < -0.39 is 0 Å². The zero-order valence-electron chi connectivity index (χ0n) is 18.7. The predicted octanol–water partition coefficient (Wildman–Crippen LogP) is 2.60. The Kier molecular flexibility index (Phi) is 5.99. The normalized spacial score (nSPS) is 10.8. The highest BCUT2D eigenvalue weighted by molar-refractivity contribution is 6.07. The summed E-state index contributed by atoms with van der Waals surface area (Å²) >= 11 is 0. The predicted molar refractivity (Wildman–Crippen MR) is 121 cm³/mol. The van der Waals surface area contributed by atoms with Gasteiger partial charge in [0.05, 0.1) is 33.6 Å². The molecule has 0 bridgehead atoms. The first kappa shape index (κ1) is 21.9. The quantitative estimate of drug-likeness (QED) is 0.462. The first-order valence-electron chi connectivity index (χ1n) is 10.1. The third-order valence-corrected chi connectivity index (χ3v) is 5.06. The van der Waals surface area contributed by atoms with Crippen molar-refractivity contribution in [1.29, 1.82) is 0 Å². The number of anilines is 1. The van der Waals surface area contributed by atoms with Crippen LogP contribution in [0.4, 0.5) is 5.69 Å². The number of carbonyl (C=O) groups is 1. The van der Waals surface area contributed by atoms with Gasteiger partial charge in [0.15, 0.2) is 11.5 Å². The Labute approximate surface area is 189 Å². The van der Waals surface area contributed by atoms with Gasteiger partial charge in [-0.05, 0) is 37.3 Å². The van der Waals surface area contributed by atoms with Crippen LogP contribution in [-0.4, -0.2) is 46.8 Å². The number of carbonyl (C=O) groups excluding carboxylic acids is 1. The monoisotopic (exact) mass is 449 g/mol. The van der Waals surface area contributed by atoms with Crippen LogP contribution in [0.5, 0.6) is 17.2 Å². The summed E-state index contributed by atoms with van der Waals surface area (Å²) in [4.78, 5) is 36.1. The summed E-state index contributed by atoms with van der Waals surface area (Å²) in [5, 5.41) is 2.93. The number of para-hydroxylation sites is 2. The van der Waals surface area contributed by atoms with Gasteiger partial charge in [-0.1, -0.05) is 12.1 Å². The maximum atomic E-state index is 13.7. The lowest BCUT2D eigenvalue weighted by Gasteiger charge is -2.24. The van der Waals surface area contributed by atoms with Gasteiger partial charge in [0, 0.05) is 17.3 Å². The van der Waals surface area contributed by atoms with Gasteiger partial charge in [0.1, 0.15) is 11.6 Å². The zero-order chi connectivity index (χ0) is 23.5. The summed E-state index contributed by atoms with van der Waals surface area (Å²) in [5.41, 5.74) is 1.19. The van der Waals surface area contributed by atoms with Crippen molar-refractivity contribution < 1.29 is 19.0 Å². The van der Waals surface area contributed by atoms with Crippen LogP contribution in [0.2, 0.25) is 0 Å². The van der Waals surface area contributed by atoms with E-state index in [1.54, 1.807) is 43.3 Å². The summed E-state index contributed by atoms with van der Waals surface area (Å²) in [5.74, 6) is 1.73. The first-order valence-corrected chi connectivity index (χ1v) is 10.1. The molecule has 0 radical (unpaired) electrons. The minimum Gasteiger partial charge on any atom is -0.495 e. The molecule has 0 aliphatic carbocycles. The molecule has 0 aliphatic rings. The summed E-state index contributed by atoms with van der Waals surface area (Å²) < 4.78 is 17.4. The minimum atomic E-state index is -0.322. The van der Waals surface area contributed by atoms with E-state index in [0.29, 0.717) is 40.0 Å². The molecule has 4 rings (SSSR count). The van der Waals surface area contributed by atoms with Crippen molar-refractivity contribution in [2.45, 2.75) is 13.5 Å². The Bertz CT molecular complexity index is 1380. The van der Waals surface area contributed by atoms with Crippen molar-refractivity contribution in [3.8, 4) is 17.2 Å². The van der Waals surface area contributed by atoms with Crippen molar-refractivity contribution in [3.63, 3.8) is 0 Å². The number of methoxy groups -OCH3 is 3. The van der Waals surface area contributed by atoms with Gasteiger partial charge in [-0.2, -0.15) is 9.50 Å². The highest BCUT2D eigenvalue weighted by Gasteiger charge is 2.24. The van der Waals surface area contributed by atoms with E-state index in [9.17, 15) is 9.59 Å². The summed E-state index contributed by atoms with van der Waals surface area (Å²) in [6.45, 7) is 1.76. The number of hydrogen-bond donors (Lipinski definition) is 1.